The molecule has 1 atom stereocenters. The van der Waals surface area contributed by atoms with Crippen molar-refractivity contribution in [1.82, 2.24) is 14.8 Å². The van der Waals surface area contributed by atoms with Crippen LogP contribution in [0.5, 0.6) is 0 Å². The number of carboxylic acid groups (broad SMARTS) is 1. The smallest absolute Gasteiger partial charge is 0.344 e. The van der Waals surface area contributed by atoms with Gasteiger partial charge in [0, 0.05) is 4.88 Å². The summed E-state index contributed by atoms with van der Waals surface area (Å²) < 4.78 is 1.60. The van der Waals surface area contributed by atoms with Crippen molar-refractivity contribution < 1.29 is 9.90 Å². The molecule has 106 valence electrons. The van der Waals surface area contributed by atoms with Crippen LogP contribution in [0.2, 0.25) is 0 Å². The van der Waals surface area contributed by atoms with Crippen molar-refractivity contribution in [2.45, 2.75) is 30.5 Å². The van der Waals surface area contributed by atoms with Gasteiger partial charge in [0.05, 0.1) is 11.8 Å². The maximum atomic E-state index is 12.0. The SMILES string of the molecule is O=C(O)CSc1n[nH]c(=O)n1C1CCCc2sccc21. The van der Waals surface area contributed by atoms with Gasteiger partial charge in [-0.3, -0.25) is 9.36 Å². The molecule has 2 heterocycles. The largest absolute Gasteiger partial charge is 0.481 e. The lowest BCUT2D eigenvalue weighted by atomic mass is 9.94. The summed E-state index contributed by atoms with van der Waals surface area (Å²) in [7, 11) is 0. The summed E-state index contributed by atoms with van der Waals surface area (Å²) in [6, 6.07) is 2.02. The molecule has 1 unspecified atom stereocenters. The maximum Gasteiger partial charge on any atom is 0.344 e. The van der Waals surface area contributed by atoms with Crippen LogP contribution in [0.3, 0.4) is 0 Å². The molecule has 0 saturated carbocycles. The summed E-state index contributed by atoms with van der Waals surface area (Å²) in [5.41, 5.74) is 0.892. The third kappa shape index (κ3) is 2.40. The topological polar surface area (TPSA) is 88.0 Å². The average molecular weight is 311 g/mol. The first kappa shape index (κ1) is 13.4. The summed E-state index contributed by atoms with van der Waals surface area (Å²) >= 11 is 2.78. The molecular weight excluding hydrogens is 298 g/mol. The number of thiophene rings is 1. The number of hydrogen-bond donors (Lipinski definition) is 2. The fourth-order valence-corrected chi connectivity index (χ4v) is 4.22. The molecule has 0 aliphatic heterocycles. The number of aromatic nitrogens is 3. The lowest BCUT2D eigenvalue weighted by Crippen LogP contribution is -2.26. The van der Waals surface area contributed by atoms with E-state index in [1.165, 1.54) is 10.4 Å². The highest BCUT2D eigenvalue weighted by Gasteiger charge is 2.26. The molecule has 1 aliphatic carbocycles. The van der Waals surface area contributed by atoms with E-state index in [-0.39, 0.29) is 17.5 Å². The van der Waals surface area contributed by atoms with Gasteiger partial charge in [-0.25, -0.2) is 9.89 Å². The summed E-state index contributed by atoms with van der Waals surface area (Å²) in [5.74, 6) is -1.02. The predicted octanol–water partition coefficient (Wildman–Crippen LogP) is 1.74. The fourth-order valence-electron chi connectivity index (χ4n) is 2.52. The molecule has 2 aromatic heterocycles. The number of carbonyl (C=O) groups is 1. The van der Waals surface area contributed by atoms with Crippen molar-refractivity contribution in [3.05, 3.63) is 32.4 Å². The van der Waals surface area contributed by atoms with Gasteiger partial charge in [-0.1, -0.05) is 11.8 Å². The zero-order chi connectivity index (χ0) is 14.1. The Morgan fingerprint density at radius 3 is 3.30 bits per heavy atom. The number of carboxylic acids is 1. The summed E-state index contributed by atoms with van der Waals surface area (Å²) in [5, 5.41) is 17.6. The normalized spacial score (nSPS) is 17.9. The molecule has 0 saturated heterocycles. The first-order valence-corrected chi connectivity index (χ1v) is 8.11. The van der Waals surface area contributed by atoms with Gasteiger partial charge < -0.3 is 5.11 Å². The first-order chi connectivity index (χ1) is 9.66. The molecule has 0 bridgehead atoms. The molecule has 3 rings (SSSR count). The lowest BCUT2D eigenvalue weighted by molar-refractivity contribution is -0.133. The van der Waals surface area contributed by atoms with Gasteiger partial charge in [0.2, 0.25) is 0 Å². The van der Waals surface area contributed by atoms with Crippen molar-refractivity contribution >= 4 is 29.1 Å². The van der Waals surface area contributed by atoms with Crippen molar-refractivity contribution in [2.75, 3.05) is 5.75 Å². The van der Waals surface area contributed by atoms with E-state index in [1.807, 2.05) is 5.38 Å². The fraction of sp³-hybridized carbons (Fsp3) is 0.417. The predicted molar refractivity (Wildman–Crippen MR) is 76.6 cm³/mol. The quantitative estimate of drug-likeness (QED) is 0.840. The Labute approximate surface area is 122 Å². The van der Waals surface area contributed by atoms with Crippen molar-refractivity contribution in [3.63, 3.8) is 0 Å². The Bertz CT molecular complexity index is 688. The van der Waals surface area contributed by atoms with Crippen LogP contribution < -0.4 is 5.69 Å². The molecule has 0 spiro atoms. The molecule has 6 nitrogen and oxygen atoms in total. The zero-order valence-electron chi connectivity index (χ0n) is 10.5. The van der Waals surface area contributed by atoms with E-state index < -0.39 is 5.97 Å². The number of aliphatic carboxylic acids is 1. The number of H-pyrrole nitrogens is 1. The van der Waals surface area contributed by atoms with Gasteiger partial charge in [0.25, 0.3) is 0 Å². The highest BCUT2D eigenvalue weighted by molar-refractivity contribution is 7.99. The molecule has 0 fully saturated rings. The molecule has 0 aromatic carbocycles. The molecule has 0 amide bonds. The first-order valence-electron chi connectivity index (χ1n) is 6.24. The van der Waals surface area contributed by atoms with E-state index >= 15 is 0 Å². The van der Waals surface area contributed by atoms with Crippen LogP contribution >= 0.6 is 23.1 Å². The van der Waals surface area contributed by atoms with E-state index in [9.17, 15) is 9.59 Å². The second-order valence-corrected chi connectivity index (χ2v) is 6.51. The van der Waals surface area contributed by atoms with Gasteiger partial charge in [0.1, 0.15) is 0 Å². The van der Waals surface area contributed by atoms with Crippen LogP contribution in [0.4, 0.5) is 0 Å². The number of aromatic amines is 1. The summed E-state index contributed by atoms with van der Waals surface area (Å²) in [4.78, 5) is 24.0. The molecule has 20 heavy (non-hydrogen) atoms. The minimum Gasteiger partial charge on any atom is -0.481 e. The van der Waals surface area contributed by atoms with Gasteiger partial charge in [-0.2, -0.15) is 0 Å². The Hall–Kier alpha value is -1.54. The summed E-state index contributed by atoms with van der Waals surface area (Å²) in [6.45, 7) is 0. The van der Waals surface area contributed by atoms with Crippen LogP contribution in [0.1, 0.15) is 29.3 Å². The van der Waals surface area contributed by atoms with Gasteiger partial charge >= 0.3 is 11.7 Å². The Balaban J connectivity index is 1.97. The van der Waals surface area contributed by atoms with Crippen LogP contribution in [0.25, 0.3) is 0 Å². The molecule has 8 heteroatoms. The third-order valence-corrected chi connectivity index (χ3v) is 5.26. The Kier molecular flexibility index (Phi) is 3.66. The summed E-state index contributed by atoms with van der Waals surface area (Å²) in [6.07, 6.45) is 2.95. The van der Waals surface area contributed by atoms with Crippen molar-refractivity contribution in [3.8, 4) is 0 Å². The second kappa shape index (κ2) is 5.45. The van der Waals surface area contributed by atoms with Gasteiger partial charge in [-0.15, -0.1) is 16.4 Å². The number of thioether (sulfide) groups is 1. The van der Waals surface area contributed by atoms with E-state index in [4.69, 9.17) is 5.11 Å². The van der Waals surface area contributed by atoms with Crippen molar-refractivity contribution in [1.29, 1.82) is 0 Å². The number of hydrogen-bond acceptors (Lipinski definition) is 5. The molecular formula is C12H13N3O3S2. The van der Waals surface area contributed by atoms with E-state index in [0.717, 1.165) is 31.0 Å². The standard InChI is InChI=1S/C12H13N3O3S2/c16-10(17)6-20-12-14-13-11(18)15(12)8-2-1-3-9-7(8)4-5-19-9/h4-5,8H,1-3,6H2,(H,13,18)(H,16,17). The maximum absolute atomic E-state index is 12.0. The number of nitrogens with zero attached hydrogens (tertiary/aromatic N) is 2. The molecule has 0 radical (unpaired) electrons. The Morgan fingerprint density at radius 1 is 1.65 bits per heavy atom. The second-order valence-electron chi connectivity index (χ2n) is 4.57. The average Bonchev–Trinajstić information content (AvgIpc) is 3.02. The van der Waals surface area contributed by atoms with E-state index in [1.54, 1.807) is 15.9 Å². The number of rotatable bonds is 4. The highest BCUT2D eigenvalue weighted by atomic mass is 32.2. The van der Waals surface area contributed by atoms with E-state index in [0.29, 0.717) is 5.16 Å². The number of nitrogens with one attached hydrogen (secondary N) is 1. The molecule has 1 aliphatic rings. The number of fused-ring (bicyclic) bond motifs is 1. The Morgan fingerprint density at radius 2 is 2.50 bits per heavy atom. The van der Waals surface area contributed by atoms with Gasteiger partial charge in [0.15, 0.2) is 5.16 Å². The molecule has 2 aromatic rings. The van der Waals surface area contributed by atoms with Crippen LogP contribution in [0, 0.1) is 0 Å². The highest BCUT2D eigenvalue weighted by Crippen LogP contribution is 2.36. The van der Waals surface area contributed by atoms with Gasteiger partial charge in [-0.05, 0) is 36.3 Å². The minimum absolute atomic E-state index is 0.0347. The van der Waals surface area contributed by atoms with Crippen molar-refractivity contribution in [2.24, 2.45) is 0 Å². The zero-order valence-corrected chi connectivity index (χ0v) is 12.2. The minimum atomic E-state index is -0.920. The third-order valence-electron chi connectivity index (χ3n) is 3.33. The lowest BCUT2D eigenvalue weighted by Gasteiger charge is -2.23. The van der Waals surface area contributed by atoms with E-state index in [2.05, 4.69) is 16.3 Å². The molecule has 2 N–H and O–H groups in total. The van der Waals surface area contributed by atoms with Crippen LogP contribution in [-0.4, -0.2) is 31.6 Å². The van der Waals surface area contributed by atoms with Crippen LogP contribution in [-0.2, 0) is 11.2 Å². The van der Waals surface area contributed by atoms with Crippen LogP contribution in [0.15, 0.2) is 21.4 Å². The number of aryl methyl sites for hydroxylation is 1. The monoisotopic (exact) mass is 311 g/mol.